The summed E-state index contributed by atoms with van der Waals surface area (Å²) in [5.41, 5.74) is 3.47. The molecule has 0 N–H and O–H groups in total. The number of hydrogen-bond donors (Lipinski definition) is 1. The predicted octanol–water partition coefficient (Wildman–Crippen LogP) is 6.09. The smallest absolute Gasteiger partial charge is 0.0220 e. The van der Waals surface area contributed by atoms with Crippen molar-refractivity contribution in [3.63, 3.8) is 0 Å². The second kappa shape index (κ2) is 5.55. The number of rotatable bonds is 3. The van der Waals surface area contributed by atoms with E-state index < -0.39 is 0 Å². The van der Waals surface area contributed by atoms with E-state index in [9.17, 15) is 0 Å². The zero-order valence-corrected chi connectivity index (χ0v) is 14.0. The Labute approximate surface area is 130 Å². The molecule has 3 aliphatic carbocycles. The molecular formula is C19H30S. The third-order valence-corrected chi connectivity index (χ3v) is 7.34. The van der Waals surface area contributed by atoms with Crippen LogP contribution >= 0.6 is 12.6 Å². The highest BCUT2D eigenvalue weighted by Crippen LogP contribution is 2.60. The normalized spacial score (nSPS) is 38.9. The summed E-state index contributed by atoms with van der Waals surface area (Å²) in [6.07, 6.45) is 17.5. The van der Waals surface area contributed by atoms with Gasteiger partial charge in [0.1, 0.15) is 0 Å². The molecule has 0 bridgehead atoms. The molecule has 0 radical (unpaired) electrons. The van der Waals surface area contributed by atoms with Crippen LogP contribution in [0, 0.1) is 11.3 Å². The van der Waals surface area contributed by atoms with E-state index in [4.69, 9.17) is 12.6 Å². The molecule has 2 unspecified atom stereocenters. The van der Waals surface area contributed by atoms with Gasteiger partial charge >= 0.3 is 0 Å². The highest BCUT2D eigenvalue weighted by molar-refractivity contribution is 7.81. The molecule has 0 aromatic rings. The van der Waals surface area contributed by atoms with Crippen molar-refractivity contribution in [2.45, 2.75) is 82.3 Å². The lowest BCUT2D eigenvalue weighted by Gasteiger charge is -2.54. The average Bonchev–Trinajstić information content (AvgIpc) is 2.94. The van der Waals surface area contributed by atoms with Gasteiger partial charge in [0, 0.05) is 10.2 Å². The molecule has 0 spiro atoms. The van der Waals surface area contributed by atoms with Crippen LogP contribution in [0.1, 0.15) is 77.6 Å². The van der Waals surface area contributed by atoms with Crippen LogP contribution in [0.4, 0.5) is 0 Å². The van der Waals surface area contributed by atoms with Gasteiger partial charge in [-0.05, 0) is 50.9 Å². The van der Waals surface area contributed by atoms with Gasteiger partial charge in [-0.3, -0.25) is 0 Å². The molecular weight excluding hydrogens is 260 g/mol. The third-order valence-electron chi connectivity index (χ3n) is 6.38. The molecule has 0 saturated heterocycles. The van der Waals surface area contributed by atoms with Gasteiger partial charge in [-0.2, -0.15) is 12.6 Å². The number of thiol groups is 1. The Hall–Kier alpha value is -0.170. The molecule has 112 valence electrons. The first-order valence-electron chi connectivity index (χ1n) is 8.69. The van der Waals surface area contributed by atoms with Gasteiger partial charge in [-0.1, -0.05) is 56.4 Å². The van der Waals surface area contributed by atoms with Gasteiger partial charge in [-0.15, -0.1) is 0 Å². The zero-order chi connectivity index (χ0) is 14.2. The highest BCUT2D eigenvalue weighted by Gasteiger charge is 2.53. The first kappa shape index (κ1) is 14.8. The summed E-state index contributed by atoms with van der Waals surface area (Å²) in [5, 5.41) is 0. The predicted molar refractivity (Wildman–Crippen MR) is 91.3 cm³/mol. The topological polar surface area (TPSA) is 0 Å². The van der Waals surface area contributed by atoms with Crippen molar-refractivity contribution in [2.24, 2.45) is 11.3 Å². The Morgan fingerprint density at radius 2 is 1.80 bits per heavy atom. The summed E-state index contributed by atoms with van der Waals surface area (Å²) in [5.74, 6) is 0.890. The molecule has 0 amide bonds. The lowest BCUT2D eigenvalue weighted by molar-refractivity contribution is 0.101. The van der Waals surface area contributed by atoms with Gasteiger partial charge < -0.3 is 0 Å². The Morgan fingerprint density at radius 3 is 2.40 bits per heavy atom. The summed E-state index contributed by atoms with van der Waals surface area (Å²) in [4.78, 5) is 0. The average molecular weight is 291 g/mol. The Bertz CT molecular complexity index is 405. The third kappa shape index (κ3) is 2.30. The minimum atomic E-state index is 0.240. The van der Waals surface area contributed by atoms with E-state index in [1.54, 1.807) is 5.57 Å². The fraction of sp³-hybridized carbons (Fsp3) is 0.789. The van der Waals surface area contributed by atoms with Gasteiger partial charge in [0.15, 0.2) is 0 Å². The van der Waals surface area contributed by atoms with Crippen LogP contribution in [0.15, 0.2) is 23.8 Å². The summed E-state index contributed by atoms with van der Waals surface area (Å²) >= 11 is 5.30. The second-order valence-electron chi connectivity index (χ2n) is 7.52. The molecule has 0 nitrogen and oxygen atoms in total. The summed E-state index contributed by atoms with van der Waals surface area (Å²) in [7, 11) is 0. The molecule has 0 aliphatic heterocycles. The minimum absolute atomic E-state index is 0.240. The molecule has 3 fully saturated rings. The fourth-order valence-corrected chi connectivity index (χ4v) is 5.73. The molecule has 3 saturated carbocycles. The van der Waals surface area contributed by atoms with Gasteiger partial charge in [0.05, 0.1) is 0 Å². The van der Waals surface area contributed by atoms with Gasteiger partial charge in [0.2, 0.25) is 0 Å². The first-order chi connectivity index (χ1) is 9.60. The quantitative estimate of drug-likeness (QED) is 0.472. The van der Waals surface area contributed by atoms with Crippen LogP contribution in [-0.4, -0.2) is 4.75 Å². The zero-order valence-electron chi connectivity index (χ0n) is 13.1. The van der Waals surface area contributed by atoms with E-state index in [1.165, 1.54) is 76.2 Å². The maximum absolute atomic E-state index is 5.30. The van der Waals surface area contributed by atoms with E-state index in [0.717, 1.165) is 5.92 Å². The molecule has 20 heavy (non-hydrogen) atoms. The largest absolute Gasteiger partial charge is 0.172 e. The number of hydrogen-bond acceptors (Lipinski definition) is 1. The summed E-state index contributed by atoms with van der Waals surface area (Å²) in [6, 6.07) is 0. The molecule has 0 aromatic carbocycles. The van der Waals surface area contributed by atoms with Gasteiger partial charge in [-0.25, -0.2) is 0 Å². The van der Waals surface area contributed by atoms with E-state index >= 15 is 0 Å². The Kier molecular flexibility index (Phi) is 4.10. The van der Waals surface area contributed by atoms with Crippen molar-refractivity contribution in [1.82, 2.24) is 0 Å². The lowest BCUT2D eigenvalue weighted by Crippen LogP contribution is -2.49. The SMILES string of the molecule is C=C1CC(=CC2(C3CCCC3)CCCCC2(S)CC)C1. The minimum Gasteiger partial charge on any atom is -0.172 e. The van der Waals surface area contributed by atoms with Crippen molar-refractivity contribution in [1.29, 1.82) is 0 Å². The lowest BCUT2D eigenvalue weighted by atomic mass is 9.56. The highest BCUT2D eigenvalue weighted by atomic mass is 32.1. The molecule has 0 heterocycles. The van der Waals surface area contributed by atoms with Crippen molar-refractivity contribution < 1.29 is 0 Å². The standard InChI is InChI=1S/C19H30S/c1-3-19(20)11-7-6-10-18(19,17-8-4-5-9-17)14-16-12-15(2)13-16/h14,17,20H,2-13H2,1H3. The van der Waals surface area contributed by atoms with E-state index in [1.807, 2.05) is 0 Å². The van der Waals surface area contributed by atoms with E-state index in [2.05, 4.69) is 19.6 Å². The maximum atomic E-state index is 5.30. The molecule has 3 rings (SSSR count). The second-order valence-corrected chi connectivity index (χ2v) is 8.38. The van der Waals surface area contributed by atoms with Crippen molar-refractivity contribution in [3.05, 3.63) is 23.8 Å². The van der Waals surface area contributed by atoms with Crippen LogP contribution < -0.4 is 0 Å². The van der Waals surface area contributed by atoms with Gasteiger partial charge in [0.25, 0.3) is 0 Å². The van der Waals surface area contributed by atoms with Crippen LogP contribution in [-0.2, 0) is 0 Å². The van der Waals surface area contributed by atoms with Crippen molar-refractivity contribution in [3.8, 4) is 0 Å². The van der Waals surface area contributed by atoms with Crippen LogP contribution in [0.2, 0.25) is 0 Å². The Morgan fingerprint density at radius 1 is 1.15 bits per heavy atom. The summed E-state index contributed by atoms with van der Waals surface area (Å²) in [6.45, 7) is 6.48. The van der Waals surface area contributed by atoms with Crippen molar-refractivity contribution in [2.75, 3.05) is 0 Å². The molecule has 2 atom stereocenters. The van der Waals surface area contributed by atoms with E-state index in [0.29, 0.717) is 5.41 Å². The molecule has 0 aromatic heterocycles. The van der Waals surface area contributed by atoms with Crippen LogP contribution in [0.25, 0.3) is 0 Å². The van der Waals surface area contributed by atoms with Crippen LogP contribution in [0.5, 0.6) is 0 Å². The summed E-state index contributed by atoms with van der Waals surface area (Å²) < 4.78 is 0.240. The number of allylic oxidation sites excluding steroid dienone is 3. The van der Waals surface area contributed by atoms with Crippen LogP contribution in [0.3, 0.4) is 0 Å². The molecule has 3 aliphatic rings. The van der Waals surface area contributed by atoms with Crippen molar-refractivity contribution >= 4 is 12.6 Å². The monoisotopic (exact) mass is 290 g/mol. The first-order valence-corrected chi connectivity index (χ1v) is 9.14. The molecule has 1 heteroatoms. The fourth-order valence-electron chi connectivity index (χ4n) is 5.21. The Balaban J connectivity index is 1.97. The van der Waals surface area contributed by atoms with E-state index in [-0.39, 0.29) is 4.75 Å². The maximum Gasteiger partial charge on any atom is 0.0220 e.